The van der Waals surface area contributed by atoms with Gasteiger partial charge < -0.3 is 22.1 Å². The molecule has 0 aliphatic rings. The van der Waals surface area contributed by atoms with Crippen LogP contribution < -0.4 is 17.2 Å². The zero-order chi connectivity index (χ0) is 15.4. The largest absolute Gasteiger partial charge is 0.396 e. The molecule has 0 saturated carbocycles. The predicted octanol–water partition coefficient (Wildman–Crippen LogP) is -0.417. The van der Waals surface area contributed by atoms with Crippen LogP contribution in [0.2, 0.25) is 0 Å². The molecule has 7 nitrogen and oxygen atoms in total. The van der Waals surface area contributed by atoms with E-state index >= 15 is 0 Å². The van der Waals surface area contributed by atoms with Crippen molar-refractivity contribution in [3.05, 3.63) is 28.0 Å². The van der Waals surface area contributed by atoms with E-state index in [0.29, 0.717) is 0 Å². The van der Waals surface area contributed by atoms with Crippen LogP contribution >= 0.6 is 15.9 Å². The molecule has 9 heteroatoms. The summed E-state index contributed by atoms with van der Waals surface area (Å²) in [7, 11) is 0. The van der Waals surface area contributed by atoms with Crippen LogP contribution in [0.25, 0.3) is 0 Å². The van der Waals surface area contributed by atoms with Crippen molar-refractivity contribution in [3.63, 3.8) is 0 Å². The summed E-state index contributed by atoms with van der Waals surface area (Å²) in [4.78, 5) is 34.9. The van der Waals surface area contributed by atoms with Crippen molar-refractivity contribution in [1.29, 1.82) is 0 Å². The number of nitrogen functional groups attached to an aromatic ring is 1. The molecule has 0 spiro atoms. The van der Waals surface area contributed by atoms with Crippen LogP contribution in [0, 0.1) is 5.82 Å². The molecule has 0 bridgehead atoms. The molecular weight excluding hydrogens is 335 g/mol. The summed E-state index contributed by atoms with van der Waals surface area (Å²) in [6.45, 7) is -0.989. The van der Waals surface area contributed by atoms with E-state index in [2.05, 4.69) is 15.9 Å². The summed E-state index contributed by atoms with van der Waals surface area (Å²) < 4.78 is 13.3. The fourth-order valence-corrected chi connectivity index (χ4v) is 1.96. The Bertz CT molecular complexity index is 563. The molecule has 0 atom stereocenters. The van der Waals surface area contributed by atoms with E-state index in [4.69, 9.17) is 17.2 Å². The maximum atomic E-state index is 13.2. The number of primary amides is 2. The van der Waals surface area contributed by atoms with Crippen molar-refractivity contribution in [2.24, 2.45) is 11.5 Å². The van der Waals surface area contributed by atoms with Crippen LogP contribution in [-0.2, 0) is 9.59 Å². The first-order valence-corrected chi connectivity index (χ1v) is 6.12. The molecule has 1 aromatic rings. The molecule has 0 fully saturated rings. The third kappa shape index (κ3) is 3.92. The molecule has 1 rings (SSSR count). The molecule has 20 heavy (non-hydrogen) atoms. The van der Waals surface area contributed by atoms with Crippen molar-refractivity contribution in [1.82, 2.24) is 4.90 Å². The van der Waals surface area contributed by atoms with Crippen molar-refractivity contribution in [3.8, 4) is 0 Å². The second-order valence-electron chi connectivity index (χ2n) is 3.95. The highest BCUT2D eigenvalue weighted by molar-refractivity contribution is 9.10. The number of benzene rings is 1. The van der Waals surface area contributed by atoms with Gasteiger partial charge in [0.2, 0.25) is 11.8 Å². The second-order valence-corrected chi connectivity index (χ2v) is 4.80. The van der Waals surface area contributed by atoms with Gasteiger partial charge in [-0.25, -0.2) is 4.39 Å². The highest BCUT2D eigenvalue weighted by Gasteiger charge is 2.22. The zero-order valence-corrected chi connectivity index (χ0v) is 11.8. The Kier molecular flexibility index (Phi) is 5.03. The van der Waals surface area contributed by atoms with Crippen LogP contribution in [0.15, 0.2) is 16.6 Å². The number of carbonyl (C=O) groups is 3. The average molecular weight is 347 g/mol. The fourth-order valence-electron chi connectivity index (χ4n) is 1.48. The number of rotatable bonds is 5. The van der Waals surface area contributed by atoms with E-state index < -0.39 is 36.6 Å². The zero-order valence-electron chi connectivity index (χ0n) is 10.2. The molecule has 0 radical (unpaired) electrons. The number of hydrogen-bond donors (Lipinski definition) is 3. The Morgan fingerprint density at radius 2 is 1.65 bits per heavy atom. The molecular formula is C11H12BrFN4O3. The number of halogens is 2. The number of amides is 3. The quantitative estimate of drug-likeness (QED) is 0.624. The molecule has 0 aliphatic carbocycles. The smallest absolute Gasteiger partial charge is 0.256 e. The maximum Gasteiger partial charge on any atom is 0.256 e. The molecule has 0 unspecified atom stereocenters. The minimum Gasteiger partial charge on any atom is -0.396 e. The highest BCUT2D eigenvalue weighted by Crippen LogP contribution is 2.24. The first-order chi connectivity index (χ1) is 9.22. The predicted molar refractivity (Wildman–Crippen MR) is 72.8 cm³/mol. The highest BCUT2D eigenvalue weighted by atomic mass is 79.9. The molecule has 0 saturated heterocycles. The standard InChI is InChI=1S/C11H12BrFN4O3/c12-6-2-7(13)8(14)1-5(6)11(20)17(3-9(15)18)4-10(16)19/h1-2H,3-4,14H2,(H2,15,18)(H2,16,19). The van der Waals surface area contributed by atoms with Crippen LogP contribution in [0.5, 0.6) is 0 Å². The number of hydrogen-bond acceptors (Lipinski definition) is 4. The van der Waals surface area contributed by atoms with E-state index in [1.165, 1.54) is 0 Å². The molecule has 1 aromatic carbocycles. The van der Waals surface area contributed by atoms with Crippen LogP contribution in [-0.4, -0.2) is 35.7 Å². The summed E-state index contributed by atoms with van der Waals surface area (Å²) in [5.74, 6) is -3.05. The number of anilines is 1. The van der Waals surface area contributed by atoms with Crippen molar-refractivity contribution >= 4 is 39.3 Å². The van der Waals surface area contributed by atoms with Crippen LogP contribution in [0.1, 0.15) is 10.4 Å². The van der Waals surface area contributed by atoms with Crippen molar-refractivity contribution in [2.45, 2.75) is 0 Å². The average Bonchev–Trinajstić information content (AvgIpc) is 2.31. The van der Waals surface area contributed by atoms with Gasteiger partial charge in [-0.1, -0.05) is 0 Å². The lowest BCUT2D eigenvalue weighted by Crippen LogP contribution is -2.43. The summed E-state index contributed by atoms with van der Waals surface area (Å²) in [5.41, 5.74) is 15.1. The lowest BCUT2D eigenvalue weighted by Gasteiger charge is -2.20. The Morgan fingerprint density at radius 3 is 2.10 bits per heavy atom. The van der Waals surface area contributed by atoms with E-state index in [0.717, 1.165) is 17.0 Å². The van der Waals surface area contributed by atoms with Gasteiger partial charge in [0, 0.05) is 4.47 Å². The van der Waals surface area contributed by atoms with Gasteiger partial charge in [0.1, 0.15) is 18.9 Å². The van der Waals surface area contributed by atoms with E-state index in [1.807, 2.05) is 0 Å². The Morgan fingerprint density at radius 1 is 1.15 bits per heavy atom. The molecule has 108 valence electrons. The third-order valence-electron chi connectivity index (χ3n) is 2.30. The summed E-state index contributed by atoms with van der Waals surface area (Å²) in [5, 5.41) is 0. The van der Waals surface area contributed by atoms with Gasteiger partial charge in [0.05, 0.1) is 11.3 Å². The lowest BCUT2D eigenvalue weighted by atomic mass is 10.1. The topological polar surface area (TPSA) is 133 Å². The van der Waals surface area contributed by atoms with Gasteiger partial charge in [0.15, 0.2) is 0 Å². The van der Waals surface area contributed by atoms with E-state index in [-0.39, 0.29) is 15.7 Å². The van der Waals surface area contributed by atoms with Gasteiger partial charge in [-0.3, -0.25) is 14.4 Å². The maximum absolute atomic E-state index is 13.2. The molecule has 0 aliphatic heterocycles. The minimum atomic E-state index is -0.814. The Hall–Kier alpha value is -2.16. The van der Waals surface area contributed by atoms with Gasteiger partial charge in [-0.05, 0) is 28.1 Å². The minimum absolute atomic E-state index is 0.00796. The number of nitrogens with zero attached hydrogens (tertiary/aromatic N) is 1. The van der Waals surface area contributed by atoms with Gasteiger partial charge in [-0.15, -0.1) is 0 Å². The van der Waals surface area contributed by atoms with Gasteiger partial charge in [-0.2, -0.15) is 0 Å². The van der Waals surface area contributed by atoms with E-state index in [9.17, 15) is 18.8 Å². The lowest BCUT2D eigenvalue weighted by molar-refractivity contribution is -0.121. The molecule has 0 aromatic heterocycles. The molecule has 0 heterocycles. The van der Waals surface area contributed by atoms with E-state index in [1.54, 1.807) is 0 Å². The second kappa shape index (κ2) is 6.33. The summed E-state index contributed by atoms with van der Waals surface area (Å²) >= 11 is 3.01. The first kappa shape index (κ1) is 15.9. The third-order valence-corrected chi connectivity index (χ3v) is 2.95. The summed E-state index contributed by atoms with van der Waals surface area (Å²) in [6, 6.07) is 2.10. The SMILES string of the molecule is NC(=O)CN(CC(N)=O)C(=O)c1cc(N)c(F)cc1Br. The van der Waals surface area contributed by atoms with Gasteiger partial charge >= 0.3 is 0 Å². The monoisotopic (exact) mass is 346 g/mol. The Balaban J connectivity index is 3.14. The molecule has 3 amide bonds. The van der Waals surface area contributed by atoms with Crippen molar-refractivity contribution in [2.75, 3.05) is 18.8 Å². The summed E-state index contributed by atoms with van der Waals surface area (Å²) in [6.07, 6.45) is 0. The van der Waals surface area contributed by atoms with Gasteiger partial charge in [0.25, 0.3) is 5.91 Å². The number of nitrogens with two attached hydrogens (primary N) is 3. The molecule has 6 N–H and O–H groups in total. The number of carbonyl (C=O) groups excluding carboxylic acids is 3. The normalized spacial score (nSPS) is 10.1. The van der Waals surface area contributed by atoms with Crippen LogP contribution in [0.4, 0.5) is 10.1 Å². The fraction of sp³-hybridized carbons (Fsp3) is 0.182. The Labute approximate surface area is 122 Å². The van der Waals surface area contributed by atoms with Crippen molar-refractivity contribution < 1.29 is 18.8 Å². The first-order valence-electron chi connectivity index (χ1n) is 5.32. The van der Waals surface area contributed by atoms with Crippen LogP contribution in [0.3, 0.4) is 0 Å².